The number of rotatable bonds is 4. The van der Waals surface area contributed by atoms with Crippen LogP contribution in [0.1, 0.15) is 5.56 Å². The van der Waals surface area contributed by atoms with E-state index in [-0.39, 0.29) is 5.69 Å². The Bertz CT molecular complexity index is 800. The summed E-state index contributed by atoms with van der Waals surface area (Å²) in [6, 6.07) is 8.40. The molecule has 3 aromatic rings. The SMILES string of the molecule is Cc1cc([N+](=O)[O-])cnc1Oc1ccc(-c2nnco2)cc1. The van der Waals surface area contributed by atoms with E-state index in [2.05, 4.69) is 15.2 Å². The van der Waals surface area contributed by atoms with Crippen molar-refractivity contribution < 1.29 is 14.1 Å². The fourth-order valence-corrected chi connectivity index (χ4v) is 1.83. The van der Waals surface area contributed by atoms with Gasteiger partial charge in [0.1, 0.15) is 11.9 Å². The number of hydrogen-bond acceptors (Lipinski definition) is 7. The highest BCUT2D eigenvalue weighted by molar-refractivity contribution is 5.54. The lowest BCUT2D eigenvalue weighted by atomic mass is 10.2. The van der Waals surface area contributed by atoms with Crippen molar-refractivity contribution in [2.24, 2.45) is 0 Å². The summed E-state index contributed by atoms with van der Waals surface area (Å²) in [7, 11) is 0. The van der Waals surface area contributed by atoms with E-state index in [1.54, 1.807) is 31.2 Å². The maximum atomic E-state index is 10.7. The van der Waals surface area contributed by atoms with Crippen LogP contribution < -0.4 is 4.74 Å². The molecule has 8 heteroatoms. The number of nitro groups is 1. The monoisotopic (exact) mass is 298 g/mol. The van der Waals surface area contributed by atoms with Crippen LogP contribution in [-0.4, -0.2) is 20.1 Å². The van der Waals surface area contributed by atoms with Crippen LogP contribution in [0.15, 0.2) is 47.3 Å². The lowest BCUT2D eigenvalue weighted by molar-refractivity contribution is -0.385. The molecule has 0 unspecified atom stereocenters. The van der Waals surface area contributed by atoms with Gasteiger partial charge in [0.2, 0.25) is 18.2 Å². The summed E-state index contributed by atoms with van der Waals surface area (Å²) in [5.41, 5.74) is 1.27. The predicted molar refractivity (Wildman–Crippen MR) is 75.4 cm³/mol. The zero-order valence-electron chi connectivity index (χ0n) is 11.5. The van der Waals surface area contributed by atoms with E-state index in [1.807, 2.05) is 0 Å². The highest BCUT2D eigenvalue weighted by atomic mass is 16.6. The molecule has 0 aliphatic rings. The average molecular weight is 298 g/mol. The van der Waals surface area contributed by atoms with Crippen LogP contribution in [-0.2, 0) is 0 Å². The normalized spacial score (nSPS) is 10.4. The molecule has 22 heavy (non-hydrogen) atoms. The molecule has 0 atom stereocenters. The Morgan fingerprint density at radius 3 is 2.64 bits per heavy atom. The number of aryl methyl sites for hydroxylation is 1. The molecular weight excluding hydrogens is 288 g/mol. The highest BCUT2D eigenvalue weighted by Crippen LogP contribution is 2.27. The molecule has 0 bridgehead atoms. The van der Waals surface area contributed by atoms with E-state index in [4.69, 9.17) is 9.15 Å². The van der Waals surface area contributed by atoms with E-state index in [0.717, 1.165) is 11.8 Å². The number of aromatic nitrogens is 3. The van der Waals surface area contributed by atoms with E-state index >= 15 is 0 Å². The second-order valence-electron chi connectivity index (χ2n) is 4.44. The molecule has 0 aliphatic carbocycles. The van der Waals surface area contributed by atoms with Gasteiger partial charge in [-0.2, -0.15) is 0 Å². The molecule has 0 amide bonds. The Labute approximate surface area is 124 Å². The summed E-state index contributed by atoms with van der Waals surface area (Å²) in [5, 5.41) is 18.1. The van der Waals surface area contributed by atoms with Crippen molar-refractivity contribution in [2.75, 3.05) is 0 Å². The Kier molecular flexibility index (Phi) is 3.48. The Morgan fingerprint density at radius 2 is 2.05 bits per heavy atom. The maximum absolute atomic E-state index is 10.7. The molecule has 0 radical (unpaired) electrons. The summed E-state index contributed by atoms with van der Waals surface area (Å²) in [4.78, 5) is 14.1. The minimum absolute atomic E-state index is 0.0726. The first-order chi connectivity index (χ1) is 10.6. The molecule has 110 valence electrons. The topological polar surface area (TPSA) is 104 Å². The van der Waals surface area contributed by atoms with Crippen molar-refractivity contribution in [1.29, 1.82) is 0 Å². The van der Waals surface area contributed by atoms with E-state index in [1.165, 1.54) is 12.5 Å². The zero-order valence-corrected chi connectivity index (χ0v) is 11.5. The Balaban J connectivity index is 1.80. The lowest BCUT2D eigenvalue weighted by Gasteiger charge is -2.07. The number of pyridine rings is 1. The van der Waals surface area contributed by atoms with Gasteiger partial charge in [0.25, 0.3) is 5.69 Å². The maximum Gasteiger partial charge on any atom is 0.288 e. The molecule has 3 rings (SSSR count). The molecule has 0 spiro atoms. The third kappa shape index (κ3) is 2.75. The lowest BCUT2D eigenvalue weighted by Crippen LogP contribution is -1.95. The number of ether oxygens (including phenoxy) is 1. The van der Waals surface area contributed by atoms with E-state index < -0.39 is 4.92 Å². The van der Waals surface area contributed by atoms with Gasteiger partial charge in [-0.05, 0) is 31.2 Å². The van der Waals surface area contributed by atoms with Gasteiger partial charge in [-0.15, -0.1) is 10.2 Å². The Hall–Kier alpha value is -3.29. The zero-order chi connectivity index (χ0) is 15.5. The molecular formula is C14H10N4O4. The van der Waals surface area contributed by atoms with Crippen molar-refractivity contribution in [3.8, 4) is 23.1 Å². The first-order valence-electron chi connectivity index (χ1n) is 6.29. The molecule has 2 aromatic heterocycles. The predicted octanol–water partition coefficient (Wildman–Crippen LogP) is 3.14. The third-order valence-electron chi connectivity index (χ3n) is 2.90. The molecule has 0 saturated carbocycles. The largest absolute Gasteiger partial charge is 0.439 e. The van der Waals surface area contributed by atoms with Gasteiger partial charge in [0.15, 0.2) is 0 Å². The van der Waals surface area contributed by atoms with Gasteiger partial charge in [-0.25, -0.2) is 4.98 Å². The summed E-state index contributed by atoms with van der Waals surface area (Å²) < 4.78 is 10.7. The van der Waals surface area contributed by atoms with E-state index in [0.29, 0.717) is 23.1 Å². The first kappa shape index (κ1) is 13.7. The van der Waals surface area contributed by atoms with Crippen molar-refractivity contribution in [1.82, 2.24) is 15.2 Å². The van der Waals surface area contributed by atoms with Gasteiger partial charge < -0.3 is 9.15 Å². The van der Waals surface area contributed by atoms with Gasteiger partial charge in [-0.3, -0.25) is 10.1 Å². The third-order valence-corrected chi connectivity index (χ3v) is 2.90. The van der Waals surface area contributed by atoms with Crippen LogP contribution in [0.5, 0.6) is 11.6 Å². The van der Waals surface area contributed by atoms with Crippen LogP contribution in [0.3, 0.4) is 0 Å². The van der Waals surface area contributed by atoms with Gasteiger partial charge in [-0.1, -0.05) is 0 Å². The standard InChI is InChI=1S/C14H10N4O4/c1-9-6-11(18(19)20)7-15-13(9)22-12-4-2-10(3-5-12)14-17-16-8-21-14/h2-8H,1H3. The number of hydrogen-bond donors (Lipinski definition) is 0. The van der Waals surface area contributed by atoms with Crippen molar-refractivity contribution >= 4 is 5.69 Å². The molecule has 2 heterocycles. The Morgan fingerprint density at radius 1 is 1.27 bits per heavy atom. The summed E-state index contributed by atoms with van der Waals surface area (Å²) in [6.45, 7) is 1.70. The molecule has 1 aromatic carbocycles. The first-order valence-corrected chi connectivity index (χ1v) is 6.29. The number of nitrogens with zero attached hydrogens (tertiary/aromatic N) is 4. The minimum atomic E-state index is -0.497. The number of benzene rings is 1. The van der Waals surface area contributed by atoms with Crippen LogP contribution >= 0.6 is 0 Å². The van der Waals surface area contributed by atoms with Gasteiger partial charge in [0, 0.05) is 17.2 Å². The molecule has 8 nitrogen and oxygen atoms in total. The minimum Gasteiger partial charge on any atom is -0.439 e. The van der Waals surface area contributed by atoms with Crippen LogP contribution in [0, 0.1) is 17.0 Å². The van der Waals surface area contributed by atoms with Crippen molar-refractivity contribution in [2.45, 2.75) is 6.92 Å². The van der Waals surface area contributed by atoms with Gasteiger partial charge in [0.05, 0.1) is 4.92 Å². The smallest absolute Gasteiger partial charge is 0.288 e. The fourth-order valence-electron chi connectivity index (χ4n) is 1.83. The molecule has 0 N–H and O–H groups in total. The van der Waals surface area contributed by atoms with Crippen LogP contribution in [0.4, 0.5) is 5.69 Å². The van der Waals surface area contributed by atoms with Crippen molar-refractivity contribution in [3.05, 3.63) is 58.6 Å². The van der Waals surface area contributed by atoms with Crippen LogP contribution in [0.25, 0.3) is 11.5 Å². The molecule has 0 saturated heterocycles. The summed E-state index contributed by atoms with van der Waals surface area (Å²) >= 11 is 0. The fraction of sp³-hybridized carbons (Fsp3) is 0.0714. The van der Waals surface area contributed by atoms with Crippen LogP contribution in [0.2, 0.25) is 0 Å². The van der Waals surface area contributed by atoms with Crippen molar-refractivity contribution in [3.63, 3.8) is 0 Å². The van der Waals surface area contributed by atoms with E-state index in [9.17, 15) is 10.1 Å². The summed E-state index contributed by atoms with van der Waals surface area (Å²) in [5.74, 6) is 1.28. The molecule has 0 fully saturated rings. The second kappa shape index (κ2) is 5.60. The quantitative estimate of drug-likeness (QED) is 0.538. The molecule has 0 aliphatic heterocycles. The average Bonchev–Trinajstić information content (AvgIpc) is 3.04. The highest BCUT2D eigenvalue weighted by Gasteiger charge is 2.11. The summed E-state index contributed by atoms with van der Waals surface area (Å²) in [6.07, 6.45) is 2.42. The second-order valence-corrected chi connectivity index (χ2v) is 4.44. The van der Waals surface area contributed by atoms with Gasteiger partial charge >= 0.3 is 0 Å².